The molecule has 0 heterocycles. The zero-order valence-electron chi connectivity index (χ0n) is 13.9. The first-order valence-electron chi connectivity index (χ1n) is 7.88. The fourth-order valence-corrected chi connectivity index (χ4v) is 3.69. The number of halogens is 2. The molecule has 1 saturated carbocycles. The molecule has 130 valence electrons. The summed E-state index contributed by atoms with van der Waals surface area (Å²) in [4.78, 5) is 14.1. The van der Waals surface area contributed by atoms with Crippen molar-refractivity contribution in [2.75, 3.05) is 26.0 Å². The highest BCUT2D eigenvalue weighted by molar-refractivity contribution is 6.37. The summed E-state index contributed by atoms with van der Waals surface area (Å²) in [6.07, 6.45) is 4.52. The molecule has 0 saturated heterocycles. The molecule has 1 aromatic carbocycles. The Balaban J connectivity index is 2.04. The number of benzene rings is 1. The summed E-state index contributed by atoms with van der Waals surface area (Å²) in [6, 6.07) is 5.65. The van der Waals surface area contributed by atoms with Crippen LogP contribution in [-0.2, 0) is 4.79 Å². The molecule has 24 heavy (non-hydrogen) atoms. The second-order valence-electron chi connectivity index (χ2n) is 5.98. The van der Waals surface area contributed by atoms with Crippen molar-refractivity contribution in [2.45, 2.75) is 37.6 Å². The number of methoxy groups -OCH3 is 1. The molecule has 1 aliphatic rings. The zero-order valence-corrected chi connectivity index (χ0v) is 15.4. The first kappa shape index (κ1) is 18.7. The van der Waals surface area contributed by atoms with E-state index in [9.17, 15) is 10.1 Å². The Morgan fingerprint density at radius 2 is 1.92 bits per heavy atom. The molecule has 5 nitrogen and oxygen atoms in total. The summed E-state index contributed by atoms with van der Waals surface area (Å²) in [6.45, 7) is 0.0684. The molecule has 1 aliphatic carbocycles. The second kappa shape index (κ2) is 7.96. The number of ether oxygens (including phenoxy) is 1. The standard InChI is InChI=1S/C17H21Cl2N3O2/c1-22(17(11-20)6-4-3-5-7-17)15(23)10-21-12-8-13(18)16(24-2)14(19)9-12/h8-9,21H,3-7,10H2,1-2H3. The van der Waals surface area contributed by atoms with E-state index in [0.717, 1.165) is 32.1 Å². The van der Waals surface area contributed by atoms with Gasteiger partial charge in [0, 0.05) is 12.7 Å². The molecule has 1 fully saturated rings. The summed E-state index contributed by atoms with van der Waals surface area (Å²) in [5.74, 6) is 0.263. The van der Waals surface area contributed by atoms with Gasteiger partial charge in [0.15, 0.2) is 5.75 Å². The van der Waals surface area contributed by atoms with E-state index in [1.54, 1.807) is 24.1 Å². The quantitative estimate of drug-likeness (QED) is 0.848. The first-order chi connectivity index (χ1) is 11.4. The highest BCUT2D eigenvalue weighted by Crippen LogP contribution is 2.36. The number of nitrogens with zero attached hydrogens (tertiary/aromatic N) is 2. The summed E-state index contributed by atoms with van der Waals surface area (Å²) in [7, 11) is 3.19. The molecular formula is C17H21Cl2N3O2. The van der Waals surface area contributed by atoms with Crippen LogP contribution in [0.1, 0.15) is 32.1 Å². The second-order valence-corrected chi connectivity index (χ2v) is 6.80. The van der Waals surface area contributed by atoms with Crippen molar-refractivity contribution in [1.82, 2.24) is 4.90 Å². The van der Waals surface area contributed by atoms with E-state index in [1.165, 1.54) is 7.11 Å². The van der Waals surface area contributed by atoms with E-state index >= 15 is 0 Å². The molecule has 1 aromatic rings. The van der Waals surface area contributed by atoms with Crippen LogP contribution in [0, 0.1) is 11.3 Å². The van der Waals surface area contributed by atoms with Crippen LogP contribution >= 0.6 is 23.2 Å². The van der Waals surface area contributed by atoms with Gasteiger partial charge in [-0.3, -0.25) is 4.79 Å². The molecule has 0 aliphatic heterocycles. The Labute approximate surface area is 152 Å². The maximum atomic E-state index is 12.5. The normalized spacial score (nSPS) is 16.1. The van der Waals surface area contributed by atoms with Gasteiger partial charge >= 0.3 is 0 Å². The van der Waals surface area contributed by atoms with Crippen LogP contribution in [0.4, 0.5) is 5.69 Å². The van der Waals surface area contributed by atoms with Gasteiger partial charge in [0.1, 0.15) is 5.54 Å². The van der Waals surface area contributed by atoms with Gasteiger partial charge in [0.05, 0.1) is 29.8 Å². The molecule has 7 heteroatoms. The van der Waals surface area contributed by atoms with E-state index in [-0.39, 0.29) is 12.5 Å². The van der Waals surface area contributed by atoms with Crippen LogP contribution in [0.3, 0.4) is 0 Å². The summed E-state index contributed by atoms with van der Waals surface area (Å²) in [5.41, 5.74) is -0.0612. The highest BCUT2D eigenvalue weighted by atomic mass is 35.5. The van der Waals surface area contributed by atoms with Crippen molar-refractivity contribution in [1.29, 1.82) is 5.26 Å². The Kier molecular flexibility index (Phi) is 6.20. The molecule has 0 aromatic heterocycles. The van der Waals surface area contributed by atoms with Gasteiger partial charge in [-0.2, -0.15) is 5.26 Å². The van der Waals surface area contributed by atoms with Gasteiger partial charge < -0.3 is 15.0 Å². The van der Waals surface area contributed by atoms with Crippen LogP contribution in [0.25, 0.3) is 0 Å². The molecule has 2 rings (SSSR count). The van der Waals surface area contributed by atoms with Crippen molar-refractivity contribution in [3.8, 4) is 11.8 Å². The first-order valence-corrected chi connectivity index (χ1v) is 8.64. The number of carbonyl (C=O) groups excluding carboxylic acids is 1. The Morgan fingerprint density at radius 1 is 1.33 bits per heavy atom. The number of hydrogen-bond donors (Lipinski definition) is 1. The van der Waals surface area contributed by atoms with Crippen molar-refractivity contribution >= 4 is 34.8 Å². The van der Waals surface area contributed by atoms with E-state index < -0.39 is 5.54 Å². The topological polar surface area (TPSA) is 65.4 Å². The molecule has 1 N–H and O–H groups in total. The van der Waals surface area contributed by atoms with Gasteiger partial charge in [-0.15, -0.1) is 0 Å². The van der Waals surface area contributed by atoms with Gasteiger partial charge in [0.25, 0.3) is 0 Å². The number of hydrogen-bond acceptors (Lipinski definition) is 4. The Bertz CT molecular complexity index is 629. The average molecular weight is 370 g/mol. The van der Waals surface area contributed by atoms with E-state index in [4.69, 9.17) is 27.9 Å². The van der Waals surface area contributed by atoms with Crippen LogP contribution in [0.2, 0.25) is 10.0 Å². The van der Waals surface area contributed by atoms with Gasteiger partial charge in [-0.05, 0) is 25.0 Å². The van der Waals surface area contributed by atoms with E-state index in [0.29, 0.717) is 21.5 Å². The lowest BCUT2D eigenvalue weighted by atomic mass is 9.81. The number of nitriles is 1. The summed E-state index contributed by atoms with van der Waals surface area (Å²) in [5, 5.41) is 13.3. The lowest BCUT2D eigenvalue weighted by Gasteiger charge is -2.39. The molecule has 0 bridgehead atoms. The van der Waals surface area contributed by atoms with E-state index in [2.05, 4.69) is 11.4 Å². The van der Waals surface area contributed by atoms with Gasteiger partial charge in [-0.1, -0.05) is 42.5 Å². The number of rotatable bonds is 5. The van der Waals surface area contributed by atoms with Crippen LogP contribution in [0.15, 0.2) is 12.1 Å². The fraction of sp³-hybridized carbons (Fsp3) is 0.529. The minimum atomic E-state index is -0.688. The molecule has 0 atom stereocenters. The van der Waals surface area contributed by atoms with Crippen molar-refractivity contribution in [2.24, 2.45) is 0 Å². The lowest BCUT2D eigenvalue weighted by Crippen LogP contribution is -2.51. The SMILES string of the molecule is COc1c(Cl)cc(NCC(=O)N(C)C2(C#N)CCCCC2)cc1Cl. The van der Waals surface area contributed by atoms with Crippen molar-refractivity contribution in [3.63, 3.8) is 0 Å². The zero-order chi connectivity index (χ0) is 17.7. The lowest BCUT2D eigenvalue weighted by molar-refractivity contribution is -0.132. The molecule has 0 radical (unpaired) electrons. The summed E-state index contributed by atoms with van der Waals surface area (Å²) < 4.78 is 5.10. The fourth-order valence-electron chi connectivity index (χ4n) is 3.05. The number of anilines is 1. The monoisotopic (exact) mass is 369 g/mol. The van der Waals surface area contributed by atoms with Crippen LogP contribution < -0.4 is 10.1 Å². The minimum Gasteiger partial charge on any atom is -0.494 e. The average Bonchev–Trinajstić information content (AvgIpc) is 2.59. The number of carbonyl (C=O) groups is 1. The minimum absolute atomic E-state index is 0.0684. The maximum Gasteiger partial charge on any atom is 0.242 e. The molecule has 1 amide bonds. The largest absolute Gasteiger partial charge is 0.494 e. The third kappa shape index (κ3) is 3.88. The van der Waals surface area contributed by atoms with Gasteiger partial charge in [0.2, 0.25) is 5.91 Å². The Morgan fingerprint density at radius 3 is 2.42 bits per heavy atom. The van der Waals surface area contributed by atoms with Crippen molar-refractivity contribution in [3.05, 3.63) is 22.2 Å². The number of nitrogens with one attached hydrogen (secondary N) is 1. The predicted octanol–water partition coefficient (Wildman–Crippen LogP) is 4.10. The van der Waals surface area contributed by atoms with Crippen molar-refractivity contribution < 1.29 is 9.53 Å². The number of amides is 1. The Hall–Kier alpha value is -1.64. The highest BCUT2D eigenvalue weighted by Gasteiger charge is 2.38. The summed E-state index contributed by atoms with van der Waals surface area (Å²) >= 11 is 12.2. The third-order valence-corrected chi connectivity index (χ3v) is 5.11. The van der Waals surface area contributed by atoms with Gasteiger partial charge in [-0.25, -0.2) is 0 Å². The van der Waals surface area contributed by atoms with E-state index in [1.807, 2.05) is 0 Å². The molecule has 0 unspecified atom stereocenters. The molecular weight excluding hydrogens is 349 g/mol. The smallest absolute Gasteiger partial charge is 0.242 e. The maximum absolute atomic E-state index is 12.5. The predicted molar refractivity (Wildman–Crippen MR) is 95.7 cm³/mol. The van der Waals surface area contributed by atoms with Crippen LogP contribution in [-0.4, -0.2) is 37.0 Å². The third-order valence-electron chi connectivity index (χ3n) is 4.55. The molecule has 0 spiro atoms. The number of likely N-dealkylation sites (N-methyl/N-ethyl adjacent to an activating group) is 1. The van der Waals surface area contributed by atoms with Crippen LogP contribution in [0.5, 0.6) is 5.75 Å².